The molecule has 0 saturated carbocycles. The van der Waals surface area contributed by atoms with Gasteiger partial charge in [-0.05, 0) is 63.5 Å². The van der Waals surface area contributed by atoms with Crippen LogP contribution in [0.25, 0.3) is 0 Å². The van der Waals surface area contributed by atoms with Gasteiger partial charge in [0.05, 0.1) is 22.3 Å². The number of amidine groups is 1. The van der Waals surface area contributed by atoms with E-state index in [1.165, 1.54) is 25.9 Å². The van der Waals surface area contributed by atoms with Gasteiger partial charge in [-0.3, -0.25) is 14.7 Å². The molecule has 204 valence electrons. The van der Waals surface area contributed by atoms with Crippen molar-refractivity contribution in [2.75, 3.05) is 71.0 Å². The third-order valence-corrected chi connectivity index (χ3v) is 8.22. The van der Waals surface area contributed by atoms with Gasteiger partial charge in [0.2, 0.25) is 5.91 Å². The second-order valence-corrected chi connectivity index (χ2v) is 11.3. The van der Waals surface area contributed by atoms with Crippen molar-refractivity contribution in [3.05, 3.63) is 28.2 Å². The molecule has 9 nitrogen and oxygen atoms in total. The number of hydrogen-bond acceptors (Lipinski definition) is 6. The molecule has 2 fully saturated rings. The Hall–Kier alpha value is -2.07. The molecule has 0 radical (unpaired) electrons. The first-order chi connectivity index (χ1) is 17.8. The predicted octanol–water partition coefficient (Wildman–Crippen LogP) is 3.33. The van der Waals surface area contributed by atoms with Gasteiger partial charge >= 0.3 is 6.03 Å². The standard InChI is InChI=1S/C26H39Cl2N7O2/c1-19-17-35(21-5-6-22(27)23(28)16-21)31-25(19)30-24(36)4-3-9-29-26(37)34-14-12-33(13-15-34)18-20-7-10-32(2)11-8-20/h5-6,16,19-20H,3-4,7-15,17-18H2,1-2H3,(H,29,37)(H,30,31,36). The van der Waals surface area contributed by atoms with Crippen LogP contribution in [0.15, 0.2) is 23.3 Å². The average molecular weight is 553 g/mol. The zero-order valence-electron chi connectivity index (χ0n) is 21.9. The maximum Gasteiger partial charge on any atom is 0.317 e. The number of nitrogens with zero attached hydrogens (tertiary/aromatic N) is 5. The van der Waals surface area contributed by atoms with Crippen molar-refractivity contribution in [3.63, 3.8) is 0 Å². The number of hydrazone groups is 1. The number of piperidine rings is 1. The van der Waals surface area contributed by atoms with Gasteiger partial charge in [0.15, 0.2) is 0 Å². The second-order valence-electron chi connectivity index (χ2n) is 10.5. The van der Waals surface area contributed by atoms with Crippen molar-refractivity contribution in [2.24, 2.45) is 16.9 Å². The molecule has 3 amide bonds. The van der Waals surface area contributed by atoms with E-state index >= 15 is 0 Å². The van der Waals surface area contributed by atoms with E-state index < -0.39 is 0 Å². The number of carbonyl (C=O) groups is 2. The number of hydrogen-bond donors (Lipinski definition) is 2. The van der Waals surface area contributed by atoms with Crippen LogP contribution in [0.3, 0.4) is 0 Å². The lowest BCUT2D eigenvalue weighted by Crippen LogP contribution is -2.53. The van der Waals surface area contributed by atoms with Gasteiger partial charge in [0, 0.05) is 51.6 Å². The minimum absolute atomic E-state index is 0.0367. The lowest BCUT2D eigenvalue weighted by atomic mass is 9.96. The minimum atomic E-state index is -0.0987. The predicted molar refractivity (Wildman–Crippen MR) is 149 cm³/mol. The van der Waals surface area contributed by atoms with Gasteiger partial charge in [0.25, 0.3) is 0 Å². The number of carbonyl (C=O) groups excluding carboxylic acids is 2. The molecule has 1 unspecified atom stereocenters. The fourth-order valence-electron chi connectivity index (χ4n) is 5.08. The summed E-state index contributed by atoms with van der Waals surface area (Å²) in [5.41, 5.74) is 0.830. The zero-order chi connectivity index (χ0) is 26.4. The molecule has 2 N–H and O–H groups in total. The smallest absolute Gasteiger partial charge is 0.317 e. The Bertz CT molecular complexity index is 976. The number of nitrogens with one attached hydrogen (secondary N) is 2. The number of likely N-dealkylation sites (tertiary alicyclic amines) is 1. The Balaban J connectivity index is 1.11. The number of piperazine rings is 1. The first-order valence-corrected chi connectivity index (χ1v) is 14.1. The number of urea groups is 1. The lowest BCUT2D eigenvalue weighted by molar-refractivity contribution is -0.119. The first kappa shape index (κ1) is 28.0. The van der Waals surface area contributed by atoms with Crippen molar-refractivity contribution >= 4 is 46.7 Å². The molecule has 0 aromatic heterocycles. The molecule has 0 aliphatic carbocycles. The number of rotatable bonds is 7. The molecule has 37 heavy (non-hydrogen) atoms. The van der Waals surface area contributed by atoms with Crippen molar-refractivity contribution in [1.82, 2.24) is 25.3 Å². The van der Waals surface area contributed by atoms with Crippen LogP contribution < -0.4 is 15.6 Å². The van der Waals surface area contributed by atoms with Gasteiger partial charge in [-0.25, -0.2) is 4.79 Å². The molecule has 1 aromatic rings. The van der Waals surface area contributed by atoms with Crippen LogP contribution in [0, 0.1) is 11.8 Å². The lowest BCUT2D eigenvalue weighted by Gasteiger charge is -2.38. The summed E-state index contributed by atoms with van der Waals surface area (Å²) in [6.07, 6.45) is 3.44. The molecule has 3 heterocycles. The molecular formula is C26H39Cl2N7O2. The Morgan fingerprint density at radius 2 is 1.78 bits per heavy atom. The topological polar surface area (TPSA) is 83.5 Å². The van der Waals surface area contributed by atoms with Crippen molar-refractivity contribution in [1.29, 1.82) is 0 Å². The minimum Gasteiger partial charge on any atom is -0.338 e. The quantitative estimate of drug-likeness (QED) is 0.508. The fourth-order valence-corrected chi connectivity index (χ4v) is 5.37. The second kappa shape index (κ2) is 13.1. The van der Waals surface area contributed by atoms with Gasteiger partial charge in [-0.2, -0.15) is 5.10 Å². The van der Waals surface area contributed by atoms with E-state index in [0.717, 1.165) is 44.3 Å². The molecule has 4 rings (SSSR count). The summed E-state index contributed by atoms with van der Waals surface area (Å²) in [5, 5.41) is 13.2. The molecule has 0 bridgehead atoms. The molecule has 1 atom stereocenters. The van der Waals surface area contributed by atoms with Gasteiger partial charge < -0.3 is 20.4 Å². The molecule has 0 spiro atoms. The van der Waals surface area contributed by atoms with Crippen LogP contribution in [0.5, 0.6) is 0 Å². The van der Waals surface area contributed by atoms with Crippen LogP contribution in [-0.4, -0.2) is 98.4 Å². The number of anilines is 1. The largest absolute Gasteiger partial charge is 0.338 e. The van der Waals surface area contributed by atoms with Gasteiger partial charge in [-0.15, -0.1) is 0 Å². The first-order valence-electron chi connectivity index (χ1n) is 13.3. The Kier molecular flexibility index (Phi) is 9.92. The van der Waals surface area contributed by atoms with E-state index in [1.807, 2.05) is 22.9 Å². The van der Waals surface area contributed by atoms with E-state index in [4.69, 9.17) is 23.2 Å². The van der Waals surface area contributed by atoms with Crippen LogP contribution in [0.1, 0.15) is 32.6 Å². The summed E-state index contributed by atoms with van der Waals surface area (Å²) in [6.45, 7) is 10.0. The van der Waals surface area contributed by atoms with Crippen LogP contribution in [0.4, 0.5) is 10.5 Å². The normalized spacial score (nSPS) is 21.7. The van der Waals surface area contributed by atoms with Crippen molar-refractivity contribution in [3.8, 4) is 0 Å². The van der Waals surface area contributed by atoms with E-state index in [9.17, 15) is 9.59 Å². The third kappa shape index (κ3) is 7.96. The Morgan fingerprint density at radius 1 is 1.05 bits per heavy atom. The molecule has 2 saturated heterocycles. The maximum atomic E-state index is 12.6. The summed E-state index contributed by atoms with van der Waals surface area (Å²) in [5.74, 6) is 1.40. The van der Waals surface area contributed by atoms with Crippen LogP contribution in [0.2, 0.25) is 10.0 Å². The SMILES string of the molecule is CC1CN(c2ccc(Cl)c(Cl)c2)N=C1NC(=O)CCCNC(=O)N1CCN(CC2CCN(C)CC2)CC1. The van der Waals surface area contributed by atoms with Crippen LogP contribution >= 0.6 is 23.2 Å². The average Bonchev–Trinajstić information content (AvgIpc) is 3.25. The third-order valence-electron chi connectivity index (χ3n) is 7.48. The Morgan fingerprint density at radius 3 is 2.49 bits per heavy atom. The number of amides is 3. The zero-order valence-corrected chi connectivity index (χ0v) is 23.4. The molecule has 3 aliphatic heterocycles. The van der Waals surface area contributed by atoms with Crippen molar-refractivity contribution in [2.45, 2.75) is 32.6 Å². The van der Waals surface area contributed by atoms with E-state index in [-0.39, 0.29) is 17.9 Å². The summed E-state index contributed by atoms with van der Waals surface area (Å²) in [6, 6.07) is 5.32. The molecule has 11 heteroatoms. The van der Waals surface area contributed by atoms with Gasteiger partial charge in [0.1, 0.15) is 5.84 Å². The number of benzene rings is 1. The molecular weight excluding hydrogens is 513 g/mol. The highest BCUT2D eigenvalue weighted by atomic mass is 35.5. The Labute approximate surface area is 230 Å². The molecule has 1 aromatic carbocycles. The highest BCUT2D eigenvalue weighted by molar-refractivity contribution is 6.42. The van der Waals surface area contributed by atoms with Crippen molar-refractivity contribution < 1.29 is 9.59 Å². The summed E-state index contributed by atoms with van der Waals surface area (Å²) >= 11 is 12.1. The molecule has 3 aliphatic rings. The fraction of sp³-hybridized carbons (Fsp3) is 0.654. The summed E-state index contributed by atoms with van der Waals surface area (Å²) in [7, 11) is 2.19. The number of halogens is 2. The highest BCUT2D eigenvalue weighted by Gasteiger charge is 2.26. The summed E-state index contributed by atoms with van der Waals surface area (Å²) in [4.78, 5) is 31.8. The van der Waals surface area contributed by atoms with E-state index in [2.05, 4.69) is 32.6 Å². The summed E-state index contributed by atoms with van der Waals surface area (Å²) < 4.78 is 0. The highest BCUT2D eigenvalue weighted by Crippen LogP contribution is 2.29. The van der Waals surface area contributed by atoms with Crippen LogP contribution in [-0.2, 0) is 4.79 Å². The monoisotopic (exact) mass is 551 g/mol. The van der Waals surface area contributed by atoms with E-state index in [1.54, 1.807) is 12.1 Å². The maximum absolute atomic E-state index is 12.6. The van der Waals surface area contributed by atoms with E-state index in [0.29, 0.717) is 41.8 Å². The van der Waals surface area contributed by atoms with Gasteiger partial charge in [-0.1, -0.05) is 30.1 Å².